The Labute approximate surface area is 150 Å². The Morgan fingerprint density at radius 2 is 1.88 bits per heavy atom. The molecule has 0 unspecified atom stereocenters. The number of morpholine rings is 1. The Morgan fingerprint density at radius 1 is 1.16 bits per heavy atom. The van der Waals surface area contributed by atoms with Gasteiger partial charge in [-0.3, -0.25) is 9.69 Å². The van der Waals surface area contributed by atoms with E-state index in [2.05, 4.69) is 26.3 Å². The van der Waals surface area contributed by atoms with Gasteiger partial charge in [0.2, 0.25) is 5.91 Å². The third kappa shape index (κ3) is 4.80. The number of nitrogens with zero attached hydrogens (tertiary/aromatic N) is 5. The lowest BCUT2D eigenvalue weighted by atomic mass is 10.2. The van der Waals surface area contributed by atoms with Crippen LogP contribution >= 0.6 is 0 Å². The molecule has 1 atom stereocenters. The van der Waals surface area contributed by atoms with Crippen LogP contribution in [0.3, 0.4) is 0 Å². The molecule has 0 spiro atoms. The van der Waals surface area contributed by atoms with Crippen LogP contribution < -0.4 is 0 Å². The zero-order chi connectivity index (χ0) is 17.6. The average Bonchev–Trinajstić information content (AvgIpc) is 3.07. The Morgan fingerprint density at radius 3 is 2.52 bits per heavy atom. The highest BCUT2D eigenvalue weighted by Crippen LogP contribution is 2.11. The van der Waals surface area contributed by atoms with E-state index < -0.39 is 0 Å². The van der Waals surface area contributed by atoms with Gasteiger partial charge in [-0.25, -0.2) is 4.98 Å². The molecule has 2 aliphatic heterocycles. The third-order valence-electron chi connectivity index (χ3n) is 5.43. The molecule has 2 saturated heterocycles. The summed E-state index contributed by atoms with van der Waals surface area (Å²) in [4.78, 5) is 23.7. The van der Waals surface area contributed by atoms with Gasteiger partial charge in [0.25, 0.3) is 0 Å². The molecule has 0 radical (unpaired) electrons. The molecule has 3 heterocycles. The Balaban J connectivity index is 1.37. The number of piperazine rings is 1. The lowest BCUT2D eigenvalue weighted by Gasteiger charge is -2.39. The Kier molecular flexibility index (Phi) is 6.45. The molecule has 140 valence electrons. The van der Waals surface area contributed by atoms with E-state index in [1.54, 1.807) is 0 Å². The number of carbonyl (C=O) groups is 1. The van der Waals surface area contributed by atoms with Crippen molar-refractivity contribution in [3.8, 4) is 0 Å². The molecule has 7 heteroatoms. The average molecular weight is 349 g/mol. The monoisotopic (exact) mass is 349 g/mol. The second-order valence-electron chi connectivity index (χ2n) is 7.01. The smallest absolute Gasteiger partial charge is 0.239 e. The van der Waals surface area contributed by atoms with Crippen molar-refractivity contribution in [1.82, 2.24) is 24.3 Å². The van der Waals surface area contributed by atoms with Gasteiger partial charge in [0.1, 0.15) is 5.82 Å². The molecule has 0 aliphatic carbocycles. The molecule has 0 bridgehead atoms. The van der Waals surface area contributed by atoms with Gasteiger partial charge in [0.15, 0.2) is 0 Å². The van der Waals surface area contributed by atoms with E-state index in [-0.39, 0.29) is 11.9 Å². The van der Waals surface area contributed by atoms with Gasteiger partial charge in [0.05, 0.1) is 19.3 Å². The number of carbonyl (C=O) groups excluding carboxylic acids is 1. The zero-order valence-corrected chi connectivity index (χ0v) is 15.6. The zero-order valence-electron chi connectivity index (χ0n) is 15.6. The summed E-state index contributed by atoms with van der Waals surface area (Å²) in [5.74, 6) is 1.34. The molecule has 2 aliphatic rings. The predicted molar refractivity (Wildman–Crippen MR) is 96.5 cm³/mol. The Hall–Kier alpha value is -1.44. The van der Waals surface area contributed by atoms with E-state index in [0.29, 0.717) is 13.2 Å². The second kappa shape index (κ2) is 8.78. The highest BCUT2D eigenvalue weighted by atomic mass is 16.5. The van der Waals surface area contributed by atoms with Crippen molar-refractivity contribution < 1.29 is 9.53 Å². The van der Waals surface area contributed by atoms with Gasteiger partial charge in [-0.2, -0.15) is 0 Å². The first-order valence-corrected chi connectivity index (χ1v) is 9.46. The van der Waals surface area contributed by atoms with Crippen LogP contribution in [-0.4, -0.2) is 95.2 Å². The summed E-state index contributed by atoms with van der Waals surface area (Å²) in [5.41, 5.74) is 0. The van der Waals surface area contributed by atoms with Gasteiger partial charge >= 0.3 is 0 Å². The first-order valence-electron chi connectivity index (χ1n) is 9.46. The molecule has 25 heavy (non-hydrogen) atoms. The third-order valence-corrected chi connectivity index (χ3v) is 5.43. The van der Waals surface area contributed by atoms with Crippen molar-refractivity contribution in [2.24, 2.45) is 0 Å². The maximum Gasteiger partial charge on any atom is 0.239 e. The van der Waals surface area contributed by atoms with Crippen LogP contribution in [0.2, 0.25) is 0 Å². The minimum atomic E-state index is -0.0196. The molecule has 0 aromatic carbocycles. The topological polar surface area (TPSA) is 53.8 Å². The first-order chi connectivity index (χ1) is 12.1. The van der Waals surface area contributed by atoms with Crippen LogP contribution in [0.1, 0.15) is 19.2 Å². The summed E-state index contributed by atoms with van der Waals surface area (Å²) >= 11 is 0. The molecular weight excluding hydrogens is 318 g/mol. The fourth-order valence-electron chi connectivity index (χ4n) is 3.68. The standard InChI is InChI=1S/C18H31N5O2/c1-16(18(24)23-12-14-25-15-13-23)21-10-8-20(9-11-21)5-3-6-22-7-4-19-17(22)2/h4,7,16H,3,5-6,8-15H2,1-2H3/t16-/m1/s1. The summed E-state index contributed by atoms with van der Waals surface area (Å²) in [7, 11) is 0. The quantitative estimate of drug-likeness (QED) is 0.746. The SMILES string of the molecule is Cc1nccn1CCCN1CCN([C@H](C)C(=O)N2CCOCC2)CC1. The number of rotatable bonds is 6. The molecule has 1 aromatic heterocycles. The van der Waals surface area contributed by atoms with Gasteiger partial charge < -0.3 is 19.1 Å². The van der Waals surface area contributed by atoms with Crippen molar-refractivity contribution >= 4 is 5.91 Å². The van der Waals surface area contributed by atoms with Crippen molar-refractivity contribution in [3.05, 3.63) is 18.2 Å². The normalized spacial score (nSPS) is 21.4. The van der Waals surface area contributed by atoms with Gasteiger partial charge in [0, 0.05) is 58.2 Å². The summed E-state index contributed by atoms with van der Waals surface area (Å²) in [6, 6.07) is -0.0196. The minimum absolute atomic E-state index is 0.0196. The summed E-state index contributed by atoms with van der Waals surface area (Å²) in [6.45, 7) is 13.1. The maximum atomic E-state index is 12.6. The number of ether oxygens (including phenoxy) is 1. The van der Waals surface area contributed by atoms with Crippen molar-refractivity contribution in [3.63, 3.8) is 0 Å². The summed E-state index contributed by atoms with van der Waals surface area (Å²) < 4.78 is 7.55. The van der Waals surface area contributed by atoms with Crippen molar-refractivity contribution in [2.45, 2.75) is 32.9 Å². The van der Waals surface area contributed by atoms with Crippen LogP contribution in [0, 0.1) is 6.92 Å². The molecule has 0 saturated carbocycles. The van der Waals surface area contributed by atoms with Crippen molar-refractivity contribution in [1.29, 1.82) is 0 Å². The minimum Gasteiger partial charge on any atom is -0.378 e. The number of imidazole rings is 1. The molecule has 1 aromatic rings. The number of aromatic nitrogens is 2. The highest BCUT2D eigenvalue weighted by molar-refractivity contribution is 5.81. The summed E-state index contributed by atoms with van der Waals surface area (Å²) in [6.07, 6.45) is 5.05. The van der Waals surface area contributed by atoms with E-state index in [0.717, 1.165) is 64.6 Å². The van der Waals surface area contributed by atoms with E-state index in [1.165, 1.54) is 0 Å². The molecule has 7 nitrogen and oxygen atoms in total. The lowest BCUT2D eigenvalue weighted by molar-refractivity contribution is -0.141. The van der Waals surface area contributed by atoms with E-state index >= 15 is 0 Å². The van der Waals surface area contributed by atoms with Crippen LogP contribution in [0.5, 0.6) is 0 Å². The number of amides is 1. The van der Waals surface area contributed by atoms with E-state index in [1.807, 2.05) is 24.2 Å². The number of hydrogen-bond acceptors (Lipinski definition) is 5. The van der Waals surface area contributed by atoms with Crippen LogP contribution in [0.25, 0.3) is 0 Å². The van der Waals surface area contributed by atoms with Gasteiger partial charge in [-0.1, -0.05) is 0 Å². The van der Waals surface area contributed by atoms with Crippen molar-refractivity contribution in [2.75, 3.05) is 59.0 Å². The molecule has 0 N–H and O–H groups in total. The van der Waals surface area contributed by atoms with Gasteiger partial charge in [-0.05, 0) is 26.8 Å². The predicted octanol–water partition coefficient (Wildman–Crippen LogP) is 0.447. The van der Waals surface area contributed by atoms with Crippen LogP contribution in [0.4, 0.5) is 0 Å². The molecule has 3 rings (SSSR count). The summed E-state index contributed by atoms with van der Waals surface area (Å²) in [5, 5.41) is 0. The largest absolute Gasteiger partial charge is 0.378 e. The van der Waals surface area contributed by atoms with E-state index in [9.17, 15) is 4.79 Å². The van der Waals surface area contributed by atoms with Gasteiger partial charge in [-0.15, -0.1) is 0 Å². The van der Waals surface area contributed by atoms with E-state index in [4.69, 9.17) is 4.74 Å². The van der Waals surface area contributed by atoms with Crippen LogP contribution in [0.15, 0.2) is 12.4 Å². The first kappa shape index (κ1) is 18.4. The Bertz CT molecular complexity index is 547. The number of hydrogen-bond donors (Lipinski definition) is 0. The molecule has 1 amide bonds. The second-order valence-corrected chi connectivity index (χ2v) is 7.01. The fraction of sp³-hybridized carbons (Fsp3) is 0.778. The molecule has 2 fully saturated rings. The maximum absolute atomic E-state index is 12.6. The fourth-order valence-corrected chi connectivity index (χ4v) is 3.68. The van der Waals surface area contributed by atoms with Crippen LogP contribution in [-0.2, 0) is 16.1 Å². The number of aryl methyl sites for hydroxylation is 2. The lowest BCUT2D eigenvalue weighted by Crippen LogP contribution is -2.56. The highest BCUT2D eigenvalue weighted by Gasteiger charge is 2.29. The molecular formula is C18H31N5O2.